The molecule has 0 amide bonds. The van der Waals surface area contributed by atoms with Crippen molar-refractivity contribution in [2.75, 3.05) is 20.1 Å². The molecule has 3 atom stereocenters. The molecule has 98 valence electrons. The molecule has 3 rings (SSSR count). The Hall–Kier alpha value is -0.0800. The molecule has 3 fully saturated rings. The summed E-state index contributed by atoms with van der Waals surface area (Å²) in [5, 5.41) is 3.76. The largest absolute Gasteiger partial charge is 0.311 e. The minimum Gasteiger partial charge on any atom is -0.311 e. The van der Waals surface area contributed by atoms with E-state index in [1.807, 2.05) is 0 Å². The molecule has 2 bridgehead atoms. The van der Waals surface area contributed by atoms with E-state index in [1.54, 1.807) is 0 Å². The lowest BCUT2D eigenvalue weighted by molar-refractivity contribution is 0.195. The number of nitrogens with one attached hydrogen (secondary N) is 1. The highest BCUT2D eigenvalue weighted by atomic mass is 15.1. The summed E-state index contributed by atoms with van der Waals surface area (Å²) in [5.74, 6) is 1.95. The van der Waals surface area contributed by atoms with Gasteiger partial charge in [-0.05, 0) is 51.0 Å². The van der Waals surface area contributed by atoms with E-state index in [4.69, 9.17) is 0 Å². The SMILES string of the molecule is CN(CC1CCCCC1)CC1CC2CCC1N2. The molecule has 0 radical (unpaired) electrons. The van der Waals surface area contributed by atoms with Crippen molar-refractivity contribution in [3.8, 4) is 0 Å². The van der Waals surface area contributed by atoms with Crippen molar-refractivity contribution >= 4 is 0 Å². The monoisotopic (exact) mass is 236 g/mol. The molecule has 2 heterocycles. The molecule has 0 aromatic carbocycles. The standard InChI is InChI=1S/C15H28N2/c1-17(10-12-5-3-2-4-6-12)11-13-9-14-7-8-15(13)16-14/h12-16H,2-11H2,1H3. The van der Waals surface area contributed by atoms with Crippen molar-refractivity contribution in [3.05, 3.63) is 0 Å². The molecule has 0 aromatic rings. The lowest BCUT2D eigenvalue weighted by atomic mass is 9.87. The highest BCUT2D eigenvalue weighted by molar-refractivity contribution is 4.98. The Kier molecular flexibility index (Phi) is 3.72. The van der Waals surface area contributed by atoms with Crippen molar-refractivity contribution in [2.45, 2.75) is 63.5 Å². The van der Waals surface area contributed by atoms with Gasteiger partial charge in [-0.15, -0.1) is 0 Å². The molecule has 0 aromatic heterocycles. The van der Waals surface area contributed by atoms with Crippen LogP contribution >= 0.6 is 0 Å². The van der Waals surface area contributed by atoms with Gasteiger partial charge >= 0.3 is 0 Å². The fourth-order valence-electron chi connectivity index (χ4n) is 4.42. The first-order valence-corrected chi connectivity index (χ1v) is 7.76. The van der Waals surface area contributed by atoms with Crippen LogP contribution in [0.25, 0.3) is 0 Å². The molecule has 1 aliphatic carbocycles. The zero-order chi connectivity index (χ0) is 11.7. The molecule has 3 unspecified atom stereocenters. The molecule has 2 aliphatic heterocycles. The lowest BCUT2D eigenvalue weighted by Gasteiger charge is -2.30. The van der Waals surface area contributed by atoms with Crippen LogP contribution < -0.4 is 5.32 Å². The van der Waals surface area contributed by atoms with Crippen LogP contribution in [0.15, 0.2) is 0 Å². The predicted molar refractivity (Wildman–Crippen MR) is 72.1 cm³/mol. The van der Waals surface area contributed by atoms with Crippen LogP contribution in [0.5, 0.6) is 0 Å². The summed E-state index contributed by atoms with van der Waals surface area (Å²) >= 11 is 0. The van der Waals surface area contributed by atoms with Gasteiger partial charge in [0.15, 0.2) is 0 Å². The number of nitrogens with zero attached hydrogens (tertiary/aromatic N) is 1. The summed E-state index contributed by atoms with van der Waals surface area (Å²) in [7, 11) is 2.35. The highest BCUT2D eigenvalue weighted by Crippen LogP contribution is 2.34. The second-order valence-corrected chi connectivity index (χ2v) is 6.77. The van der Waals surface area contributed by atoms with Crippen LogP contribution in [0, 0.1) is 11.8 Å². The van der Waals surface area contributed by atoms with Crippen LogP contribution in [0.1, 0.15) is 51.4 Å². The number of hydrogen-bond acceptors (Lipinski definition) is 2. The van der Waals surface area contributed by atoms with Gasteiger partial charge in [-0.25, -0.2) is 0 Å². The van der Waals surface area contributed by atoms with Crippen molar-refractivity contribution in [2.24, 2.45) is 11.8 Å². The first kappa shape index (κ1) is 12.0. The quantitative estimate of drug-likeness (QED) is 0.807. The fraction of sp³-hybridized carbons (Fsp3) is 1.00. The van der Waals surface area contributed by atoms with Crippen LogP contribution in [-0.4, -0.2) is 37.1 Å². The molecule has 1 saturated carbocycles. The third-order valence-electron chi connectivity index (χ3n) is 5.27. The average Bonchev–Trinajstić information content (AvgIpc) is 2.92. The van der Waals surface area contributed by atoms with Gasteiger partial charge in [0.1, 0.15) is 0 Å². The summed E-state index contributed by atoms with van der Waals surface area (Å²) < 4.78 is 0. The Balaban J connectivity index is 1.42. The van der Waals surface area contributed by atoms with Gasteiger partial charge in [-0.1, -0.05) is 19.3 Å². The second-order valence-electron chi connectivity index (χ2n) is 6.77. The Morgan fingerprint density at radius 2 is 1.82 bits per heavy atom. The Morgan fingerprint density at radius 3 is 2.47 bits per heavy atom. The smallest absolute Gasteiger partial charge is 0.0111 e. The normalized spacial score (nSPS) is 38.1. The van der Waals surface area contributed by atoms with Crippen LogP contribution in [0.2, 0.25) is 0 Å². The number of hydrogen-bond donors (Lipinski definition) is 1. The molecule has 1 N–H and O–H groups in total. The van der Waals surface area contributed by atoms with Crippen molar-refractivity contribution in [1.29, 1.82) is 0 Å². The minimum absolute atomic E-state index is 0.855. The zero-order valence-corrected chi connectivity index (χ0v) is 11.3. The topological polar surface area (TPSA) is 15.3 Å². The molecule has 3 aliphatic rings. The van der Waals surface area contributed by atoms with E-state index >= 15 is 0 Å². The Bertz CT molecular complexity index is 247. The Morgan fingerprint density at radius 1 is 1.00 bits per heavy atom. The van der Waals surface area contributed by atoms with Gasteiger partial charge in [0, 0.05) is 25.2 Å². The van der Waals surface area contributed by atoms with E-state index in [9.17, 15) is 0 Å². The van der Waals surface area contributed by atoms with Crippen molar-refractivity contribution in [3.63, 3.8) is 0 Å². The van der Waals surface area contributed by atoms with Crippen molar-refractivity contribution < 1.29 is 0 Å². The van der Waals surface area contributed by atoms with Crippen LogP contribution in [-0.2, 0) is 0 Å². The molecule has 2 heteroatoms. The molecule has 17 heavy (non-hydrogen) atoms. The lowest BCUT2D eigenvalue weighted by Crippen LogP contribution is -2.35. The first-order valence-electron chi connectivity index (χ1n) is 7.76. The molecule has 2 nitrogen and oxygen atoms in total. The van der Waals surface area contributed by atoms with Gasteiger partial charge < -0.3 is 10.2 Å². The Labute approximate surface area is 106 Å². The third kappa shape index (κ3) is 2.85. The van der Waals surface area contributed by atoms with Crippen LogP contribution in [0.4, 0.5) is 0 Å². The van der Waals surface area contributed by atoms with E-state index in [1.165, 1.54) is 64.5 Å². The van der Waals surface area contributed by atoms with Gasteiger partial charge in [0.25, 0.3) is 0 Å². The maximum atomic E-state index is 3.76. The highest BCUT2D eigenvalue weighted by Gasteiger charge is 2.39. The van der Waals surface area contributed by atoms with Crippen LogP contribution in [0.3, 0.4) is 0 Å². The summed E-state index contributed by atoms with van der Waals surface area (Å²) in [6, 6.07) is 1.72. The van der Waals surface area contributed by atoms with E-state index < -0.39 is 0 Å². The third-order valence-corrected chi connectivity index (χ3v) is 5.27. The summed E-state index contributed by atoms with van der Waals surface area (Å²) in [6.07, 6.45) is 11.7. The first-order chi connectivity index (χ1) is 8.31. The maximum Gasteiger partial charge on any atom is 0.0111 e. The van der Waals surface area contributed by atoms with Gasteiger partial charge in [-0.3, -0.25) is 0 Å². The van der Waals surface area contributed by atoms with E-state index in [-0.39, 0.29) is 0 Å². The minimum atomic E-state index is 0.855. The van der Waals surface area contributed by atoms with E-state index in [0.717, 1.165) is 23.9 Å². The maximum absolute atomic E-state index is 3.76. The summed E-state index contributed by atoms with van der Waals surface area (Å²) in [5.41, 5.74) is 0. The average molecular weight is 236 g/mol. The summed E-state index contributed by atoms with van der Waals surface area (Å²) in [4.78, 5) is 2.63. The molecular formula is C15H28N2. The van der Waals surface area contributed by atoms with Crippen molar-refractivity contribution in [1.82, 2.24) is 10.2 Å². The molecule has 0 spiro atoms. The zero-order valence-electron chi connectivity index (χ0n) is 11.3. The van der Waals surface area contributed by atoms with E-state index in [0.29, 0.717) is 0 Å². The van der Waals surface area contributed by atoms with E-state index in [2.05, 4.69) is 17.3 Å². The molecule has 2 saturated heterocycles. The predicted octanol–water partition coefficient (Wildman–Crippen LogP) is 2.64. The number of fused-ring (bicyclic) bond motifs is 2. The van der Waals surface area contributed by atoms with Gasteiger partial charge in [0.05, 0.1) is 0 Å². The summed E-state index contributed by atoms with van der Waals surface area (Å²) in [6.45, 7) is 2.69. The molecular weight excluding hydrogens is 208 g/mol. The van der Waals surface area contributed by atoms with Gasteiger partial charge in [-0.2, -0.15) is 0 Å². The van der Waals surface area contributed by atoms with Gasteiger partial charge in [0.2, 0.25) is 0 Å². The number of rotatable bonds is 4. The fourth-order valence-corrected chi connectivity index (χ4v) is 4.42. The second kappa shape index (κ2) is 5.27.